The fourth-order valence-electron chi connectivity index (χ4n) is 4.96. The van der Waals surface area contributed by atoms with Crippen LogP contribution in [0.4, 0.5) is 22.0 Å². The molecule has 0 spiro atoms. The third-order valence-electron chi connectivity index (χ3n) is 7.25. The summed E-state index contributed by atoms with van der Waals surface area (Å²) in [6.07, 6.45) is 6.88. The van der Waals surface area contributed by atoms with Crippen molar-refractivity contribution in [1.82, 2.24) is 0 Å². The van der Waals surface area contributed by atoms with Crippen LogP contribution in [-0.4, -0.2) is 19.2 Å². The van der Waals surface area contributed by atoms with Crippen molar-refractivity contribution in [2.75, 3.05) is 13.2 Å². The largest absolute Gasteiger partial charge is 0.491 e. The fraction of sp³-hybridized carbons (Fsp3) is 0.364. The van der Waals surface area contributed by atoms with Crippen molar-refractivity contribution in [3.05, 3.63) is 94.3 Å². The Kier molecular flexibility index (Phi) is 10.6. The summed E-state index contributed by atoms with van der Waals surface area (Å²) in [7, 11) is 0. The molecule has 4 nitrogen and oxygen atoms in total. The Bertz CT molecular complexity index is 1450. The summed E-state index contributed by atoms with van der Waals surface area (Å²) >= 11 is 0. The molecule has 0 saturated heterocycles. The monoisotopic (exact) mass is 588 g/mol. The number of unbranched alkanes of at least 4 members (excludes halogenated alkanes) is 3. The summed E-state index contributed by atoms with van der Waals surface area (Å²) in [5.41, 5.74) is 0.901. The number of hydrogen-bond donors (Lipinski definition) is 0. The van der Waals surface area contributed by atoms with Crippen molar-refractivity contribution in [2.45, 2.75) is 64.7 Å². The lowest BCUT2D eigenvalue weighted by Gasteiger charge is -2.23. The maximum absolute atomic E-state index is 14.9. The molecule has 1 unspecified atom stereocenters. The molecular formula is C33H33F5O4. The number of allylic oxidation sites excluding steroid dienone is 2. The summed E-state index contributed by atoms with van der Waals surface area (Å²) in [4.78, 5) is 12.5. The van der Waals surface area contributed by atoms with Gasteiger partial charge in [0, 0.05) is 0 Å². The minimum Gasteiger partial charge on any atom is -0.491 e. The molecule has 3 aromatic rings. The second kappa shape index (κ2) is 14.3. The number of rotatable bonds is 12. The van der Waals surface area contributed by atoms with Crippen LogP contribution >= 0.6 is 0 Å². The van der Waals surface area contributed by atoms with E-state index in [1.165, 1.54) is 24.3 Å². The molecule has 1 aliphatic carbocycles. The maximum Gasteiger partial charge on any atom is 0.346 e. The molecule has 9 heteroatoms. The summed E-state index contributed by atoms with van der Waals surface area (Å²) in [5, 5.41) is 0. The normalized spacial score (nSPS) is 14.8. The number of hydrogen-bond acceptors (Lipinski definition) is 4. The van der Waals surface area contributed by atoms with E-state index in [2.05, 4.69) is 6.92 Å². The van der Waals surface area contributed by atoms with Crippen molar-refractivity contribution in [3.63, 3.8) is 0 Å². The molecule has 0 bridgehead atoms. The number of carbonyl (C=O) groups excluding carboxylic acids is 1. The van der Waals surface area contributed by atoms with Crippen LogP contribution in [0.15, 0.2) is 48.5 Å². The number of benzene rings is 3. The second-order valence-electron chi connectivity index (χ2n) is 10.1. The van der Waals surface area contributed by atoms with Gasteiger partial charge in [-0.1, -0.05) is 44.4 Å². The lowest BCUT2D eigenvalue weighted by molar-refractivity contribution is 0.0721. The molecule has 0 aliphatic heterocycles. The average Bonchev–Trinajstić information content (AvgIpc) is 2.99. The molecule has 3 aromatic carbocycles. The zero-order valence-corrected chi connectivity index (χ0v) is 23.6. The van der Waals surface area contributed by atoms with Gasteiger partial charge in [0.2, 0.25) is 11.6 Å². The first-order valence-corrected chi connectivity index (χ1v) is 14.2. The molecule has 4 rings (SSSR count). The highest BCUT2D eigenvalue weighted by Crippen LogP contribution is 2.39. The topological polar surface area (TPSA) is 44.8 Å². The molecule has 0 aromatic heterocycles. The van der Waals surface area contributed by atoms with Gasteiger partial charge in [-0.15, -0.1) is 0 Å². The number of halogens is 5. The zero-order chi connectivity index (χ0) is 30.2. The van der Waals surface area contributed by atoms with E-state index in [4.69, 9.17) is 14.2 Å². The van der Waals surface area contributed by atoms with Gasteiger partial charge in [0.1, 0.15) is 0 Å². The van der Waals surface area contributed by atoms with E-state index in [-0.39, 0.29) is 36.2 Å². The number of ether oxygens (including phenoxy) is 3. The van der Waals surface area contributed by atoms with Gasteiger partial charge >= 0.3 is 5.97 Å². The zero-order valence-electron chi connectivity index (χ0n) is 23.6. The SMILES string of the molecule is CCCCCCOc1ccc(C(=O)Oc2ccc(C3=CCC(c4ccc(OCC)c(F)c4F)CC3)cc2F)c(F)c1F. The van der Waals surface area contributed by atoms with E-state index in [1.807, 2.05) is 6.08 Å². The molecule has 0 heterocycles. The molecule has 0 fully saturated rings. The predicted octanol–water partition coefficient (Wildman–Crippen LogP) is 9.31. The Hall–Kier alpha value is -3.88. The molecule has 0 saturated carbocycles. The highest BCUT2D eigenvalue weighted by Gasteiger charge is 2.25. The molecular weight excluding hydrogens is 555 g/mol. The Labute approximate surface area is 242 Å². The van der Waals surface area contributed by atoms with E-state index in [9.17, 15) is 26.7 Å². The first-order chi connectivity index (χ1) is 20.2. The first-order valence-electron chi connectivity index (χ1n) is 14.2. The van der Waals surface area contributed by atoms with Gasteiger partial charge in [0.05, 0.1) is 18.8 Å². The lowest BCUT2D eigenvalue weighted by atomic mass is 9.82. The van der Waals surface area contributed by atoms with Crippen LogP contribution in [0.3, 0.4) is 0 Å². The van der Waals surface area contributed by atoms with Crippen LogP contribution in [0, 0.1) is 29.1 Å². The highest BCUT2D eigenvalue weighted by molar-refractivity contribution is 5.91. The number of esters is 1. The van der Waals surface area contributed by atoms with Crippen LogP contribution < -0.4 is 14.2 Å². The Morgan fingerprint density at radius 2 is 1.52 bits per heavy atom. The highest BCUT2D eigenvalue weighted by atomic mass is 19.2. The van der Waals surface area contributed by atoms with Gasteiger partial charge in [-0.05, 0) is 85.6 Å². The van der Waals surface area contributed by atoms with E-state index in [0.29, 0.717) is 31.2 Å². The maximum atomic E-state index is 14.9. The minimum atomic E-state index is -1.44. The first kappa shape index (κ1) is 31.1. The average molecular weight is 589 g/mol. The Morgan fingerprint density at radius 3 is 2.21 bits per heavy atom. The number of carbonyl (C=O) groups is 1. The van der Waals surface area contributed by atoms with E-state index < -0.39 is 46.4 Å². The summed E-state index contributed by atoms with van der Waals surface area (Å²) in [6, 6.07) is 9.09. The van der Waals surface area contributed by atoms with E-state index in [1.54, 1.807) is 13.0 Å². The molecule has 224 valence electrons. The van der Waals surface area contributed by atoms with Crippen molar-refractivity contribution in [2.24, 2.45) is 0 Å². The molecule has 42 heavy (non-hydrogen) atoms. The predicted molar refractivity (Wildman–Crippen MR) is 149 cm³/mol. The Morgan fingerprint density at radius 1 is 0.810 bits per heavy atom. The van der Waals surface area contributed by atoms with Crippen molar-refractivity contribution < 1.29 is 41.0 Å². The van der Waals surface area contributed by atoms with Gasteiger partial charge in [0.15, 0.2) is 34.7 Å². The lowest BCUT2D eigenvalue weighted by Crippen LogP contribution is -2.13. The quantitative estimate of drug-likeness (QED) is 0.0916. The van der Waals surface area contributed by atoms with Gasteiger partial charge in [-0.3, -0.25) is 0 Å². The molecule has 0 N–H and O–H groups in total. The summed E-state index contributed by atoms with van der Waals surface area (Å²) in [5.74, 6) is -7.95. The van der Waals surface area contributed by atoms with Gasteiger partial charge in [-0.2, -0.15) is 8.78 Å². The fourth-order valence-corrected chi connectivity index (χ4v) is 4.96. The molecule has 1 aliphatic rings. The van der Waals surface area contributed by atoms with E-state index in [0.717, 1.165) is 37.0 Å². The van der Waals surface area contributed by atoms with Crippen molar-refractivity contribution in [1.29, 1.82) is 0 Å². The molecule has 0 radical (unpaired) electrons. The Balaban J connectivity index is 1.40. The van der Waals surface area contributed by atoms with Crippen LogP contribution in [0.1, 0.15) is 86.2 Å². The standard InChI is InChI=1S/C33H33F5O4/c1-3-5-6-7-18-41-28-17-14-24(30(36)32(28)38)33(39)42-26-15-12-22(19-25(26)34)20-8-10-21(11-9-20)23-13-16-27(40-4-2)31(37)29(23)35/h8,12-17,19,21H,3-7,9-11,18H2,1-2H3. The van der Waals surface area contributed by atoms with Crippen LogP contribution in [0.5, 0.6) is 17.2 Å². The smallest absolute Gasteiger partial charge is 0.346 e. The summed E-state index contributed by atoms with van der Waals surface area (Å²) in [6.45, 7) is 4.17. The van der Waals surface area contributed by atoms with Crippen molar-refractivity contribution >= 4 is 11.5 Å². The molecule has 0 amide bonds. The van der Waals surface area contributed by atoms with Gasteiger partial charge < -0.3 is 14.2 Å². The third kappa shape index (κ3) is 7.12. The summed E-state index contributed by atoms with van der Waals surface area (Å²) < 4.78 is 88.4. The van der Waals surface area contributed by atoms with Crippen molar-refractivity contribution in [3.8, 4) is 17.2 Å². The van der Waals surface area contributed by atoms with Gasteiger partial charge in [0.25, 0.3) is 0 Å². The van der Waals surface area contributed by atoms with Crippen LogP contribution in [0.25, 0.3) is 5.57 Å². The van der Waals surface area contributed by atoms with E-state index >= 15 is 0 Å². The molecule has 1 atom stereocenters. The van der Waals surface area contributed by atoms with Crippen LogP contribution in [-0.2, 0) is 0 Å². The van der Waals surface area contributed by atoms with Crippen LogP contribution in [0.2, 0.25) is 0 Å². The third-order valence-corrected chi connectivity index (χ3v) is 7.25. The van der Waals surface area contributed by atoms with Gasteiger partial charge in [-0.25, -0.2) is 18.0 Å². The minimum absolute atomic E-state index is 0.130. The second-order valence-corrected chi connectivity index (χ2v) is 10.1.